The van der Waals surface area contributed by atoms with Crippen LogP contribution in [0.15, 0.2) is 23.1 Å². The minimum atomic E-state index is -3.54. The van der Waals surface area contributed by atoms with E-state index in [2.05, 4.69) is 5.32 Å². The van der Waals surface area contributed by atoms with Crippen molar-refractivity contribution in [3.8, 4) is 0 Å². The van der Waals surface area contributed by atoms with Crippen LogP contribution in [-0.4, -0.2) is 38.9 Å². The molecule has 2 atom stereocenters. The van der Waals surface area contributed by atoms with Gasteiger partial charge in [0.05, 0.1) is 10.0 Å². The summed E-state index contributed by atoms with van der Waals surface area (Å²) in [6.07, 6.45) is 0. The monoisotopic (exact) mass is 356 g/mol. The third-order valence-electron chi connectivity index (χ3n) is 3.89. The van der Waals surface area contributed by atoms with Crippen molar-refractivity contribution < 1.29 is 8.42 Å². The largest absolute Gasteiger partial charge is 0.316 e. The minimum absolute atomic E-state index is 0. The zero-order valence-corrected chi connectivity index (χ0v) is 13.7. The van der Waals surface area contributed by atoms with E-state index in [4.69, 9.17) is 23.2 Å². The van der Waals surface area contributed by atoms with Gasteiger partial charge in [-0.05, 0) is 37.1 Å². The molecule has 0 radical (unpaired) electrons. The van der Waals surface area contributed by atoms with Gasteiger partial charge in [0.2, 0.25) is 10.0 Å². The molecule has 2 saturated heterocycles. The SMILES string of the molecule is Cl.O=S(=O)(c1cccc(Cl)c1Cl)N1C[C@H]2CNC[C@H]2C1. The Morgan fingerprint density at radius 3 is 2.35 bits per heavy atom. The fourth-order valence-corrected chi connectivity index (χ4v) is 5.12. The molecule has 20 heavy (non-hydrogen) atoms. The van der Waals surface area contributed by atoms with Crippen LogP contribution in [0.4, 0.5) is 0 Å². The molecule has 2 aliphatic rings. The highest BCUT2D eigenvalue weighted by Gasteiger charge is 2.42. The normalized spacial score (nSPS) is 26.3. The number of hydrogen-bond acceptors (Lipinski definition) is 3. The van der Waals surface area contributed by atoms with E-state index in [-0.39, 0.29) is 27.3 Å². The molecule has 2 aliphatic heterocycles. The Bertz CT molecular complexity index is 597. The van der Waals surface area contributed by atoms with Gasteiger partial charge < -0.3 is 5.32 Å². The lowest BCUT2D eigenvalue weighted by atomic mass is 10.0. The summed E-state index contributed by atoms with van der Waals surface area (Å²) in [5.74, 6) is 0.820. The third-order valence-corrected chi connectivity index (χ3v) is 6.69. The first-order valence-electron chi connectivity index (χ1n) is 6.15. The van der Waals surface area contributed by atoms with Gasteiger partial charge >= 0.3 is 0 Å². The molecule has 4 nitrogen and oxygen atoms in total. The van der Waals surface area contributed by atoms with Crippen LogP contribution < -0.4 is 5.32 Å². The summed E-state index contributed by atoms with van der Waals surface area (Å²) in [5.41, 5.74) is 0. The highest BCUT2D eigenvalue weighted by Crippen LogP contribution is 2.35. The predicted octanol–water partition coefficient (Wildman–Crippen LogP) is 2.26. The Balaban J connectivity index is 0.00000147. The van der Waals surface area contributed by atoms with Crippen LogP contribution >= 0.6 is 35.6 Å². The van der Waals surface area contributed by atoms with E-state index in [1.807, 2.05) is 0 Å². The summed E-state index contributed by atoms with van der Waals surface area (Å²) in [6.45, 7) is 2.89. The smallest absolute Gasteiger partial charge is 0.244 e. The third kappa shape index (κ3) is 2.67. The van der Waals surface area contributed by atoms with Crippen molar-refractivity contribution in [1.82, 2.24) is 9.62 Å². The van der Waals surface area contributed by atoms with E-state index in [0.717, 1.165) is 13.1 Å². The van der Waals surface area contributed by atoms with Crippen molar-refractivity contribution in [1.29, 1.82) is 0 Å². The molecule has 0 amide bonds. The molecular formula is C12H15Cl3N2O2S. The molecule has 1 N–H and O–H groups in total. The van der Waals surface area contributed by atoms with Gasteiger partial charge in [-0.1, -0.05) is 29.3 Å². The maximum atomic E-state index is 12.6. The fourth-order valence-electron chi connectivity index (χ4n) is 2.83. The topological polar surface area (TPSA) is 49.4 Å². The van der Waals surface area contributed by atoms with Crippen LogP contribution in [0, 0.1) is 11.8 Å². The van der Waals surface area contributed by atoms with Crippen LogP contribution in [0.5, 0.6) is 0 Å². The van der Waals surface area contributed by atoms with Crippen LogP contribution in [0.1, 0.15) is 0 Å². The molecule has 2 fully saturated rings. The second-order valence-corrected chi connectivity index (χ2v) is 7.74. The maximum absolute atomic E-state index is 12.6. The van der Waals surface area contributed by atoms with Crippen LogP contribution in [-0.2, 0) is 10.0 Å². The second kappa shape index (κ2) is 5.99. The molecule has 0 unspecified atom stereocenters. The summed E-state index contributed by atoms with van der Waals surface area (Å²) in [6, 6.07) is 4.71. The summed E-state index contributed by atoms with van der Waals surface area (Å²) in [7, 11) is -3.54. The zero-order valence-electron chi connectivity index (χ0n) is 10.6. The van der Waals surface area contributed by atoms with Gasteiger partial charge in [0.15, 0.2) is 0 Å². The lowest BCUT2D eigenvalue weighted by molar-refractivity contribution is 0.448. The van der Waals surface area contributed by atoms with Crippen molar-refractivity contribution in [3.05, 3.63) is 28.2 Å². The van der Waals surface area contributed by atoms with Gasteiger partial charge in [0.1, 0.15) is 4.90 Å². The standard InChI is InChI=1S/C12H14Cl2N2O2S.ClH/c13-10-2-1-3-11(12(10)14)19(17,18)16-6-8-4-15-5-9(8)7-16;/h1-3,8-9,15H,4-7H2;1H/t8-,9+;. The zero-order chi connectivity index (χ0) is 13.6. The molecule has 0 spiro atoms. The summed E-state index contributed by atoms with van der Waals surface area (Å²) in [5, 5.41) is 3.67. The highest BCUT2D eigenvalue weighted by molar-refractivity contribution is 7.89. The van der Waals surface area contributed by atoms with Crippen molar-refractivity contribution in [2.45, 2.75) is 4.90 Å². The molecule has 0 aromatic heterocycles. The van der Waals surface area contributed by atoms with E-state index in [9.17, 15) is 8.42 Å². The number of rotatable bonds is 2. The van der Waals surface area contributed by atoms with E-state index >= 15 is 0 Å². The molecule has 8 heteroatoms. The number of halogens is 3. The quantitative estimate of drug-likeness (QED) is 0.883. The summed E-state index contributed by atoms with van der Waals surface area (Å²) >= 11 is 11.9. The summed E-state index contributed by atoms with van der Waals surface area (Å²) < 4.78 is 26.7. The first kappa shape index (κ1) is 16.3. The molecule has 2 heterocycles. The Morgan fingerprint density at radius 2 is 1.75 bits per heavy atom. The average Bonchev–Trinajstić information content (AvgIpc) is 2.92. The van der Waals surface area contributed by atoms with Crippen molar-refractivity contribution in [2.75, 3.05) is 26.2 Å². The Labute approximate surface area is 134 Å². The molecule has 0 aliphatic carbocycles. The van der Waals surface area contributed by atoms with Gasteiger partial charge in [-0.2, -0.15) is 4.31 Å². The number of hydrogen-bond donors (Lipinski definition) is 1. The van der Waals surface area contributed by atoms with Gasteiger partial charge in [-0.3, -0.25) is 0 Å². The van der Waals surface area contributed by atoms with Crippen molar-refractivity contribution in [2.24, 2.45) is 11.8 Å². The molecule has 0 bridgehead atoms. The number of benzene rings is 1. The average molecular weight is 358 g/mol. The van der Waals surface area contributed by atoms with E-state index in [1.165, 1.54) is 10.4 Å². The lowest BCUT2D eigenvalue weighted by Gasteiger charge is -2.18. The van der Waals surface area contributed by atoms with E-state index in [1.54, 1.807) is 12.1 Å². The predicted molar refractivity (Wildman–Crippen MR) is 82.3 cm³/mol. The Kier molecular flexibility index (Phi) is 4.89. The van der Waals surface area contributed by atoms with Crippen LogP contribution in [0.25, 0.3) is 0 Å². The minimum Gasteiger partial charge on any atom is -0.316 e. The molecule has 0 saturated carbocycles. The molecule has 3 rings (SSSR count). The Morgan fingerprint density at radius 1 is 1.15 bits per heavy atom. The molecule has 1 aromatic carbocycles. The number of nitrogens with one attached hydrogen (secondary N) is 1. The summed E-state index contributed by atoms with van der Waals surface area (Å²) in [4.78, 5) is 0.106. The first-order chi connectivity index (χ1) is 9.00. The van der Waals surface area contributed by atoms with E-state index in [0.29, 0.717) is 24.9 Å². The van der Waals surface area contributed by atoms with Gasteiger partial charge in [0.25, 0.3) is 0 Å². The number of fused-ring (bicyclic) bond motifs is 1. The number of sulfonamides is 1. The molecular weight excluding hydrogens is 343 g/mol. The first-order valence-corrected chi connectivity index (χ1v) is 8.34. The lowest BCUT2D eigenvalue weighted by Crippen LogP contribution is -2.32. The maximum Gasteiger partial charge on any atom is 0.244 e. The number of nitrogens with zero attached hydrogens (tertiary/aromatic N) is 1. The van der Waals surface area contributed by atoms with Gasteiger partial charge in [-0.25, -0.2) is 8.42 Å². The van der Waals surface area contributed by atoms with Gasteiger partial charge in [0, 0.05) is 13.1 Å². The highest BCUT2D eigenvalue weighted by atomic mass is 35.5. The van der Waals surface area contributed by atoms with Gasteiger partial charge in [-0.15, -0.1) is 12.4 Å². The van der Waals surface area contributed by atoms with Crippen LogP contribution in [0.3, 0.4) is 0 Å². The van der Waals surface area contributed by atoms with Crippen LogP contribution in [0.2, 0.25) is 10.0 Å². The van der Waals surface area contributed by atoms with Crippen molar-refractivity contribution in [3.63, 3.8) is 0 Å². The Hall–Kier alpha value is -0.0400. The van der Waals surface area contributed by atoms with Crippen molar-refractivity contribution >= 4 is 45.6 Å². The molecule has 112 valence electrons. The molecule has 1 aromatic rings. The fraction of sp³-hybridized carbons (Fsp3) is 0.500. The second-order valence-electron chi connectivity index (χ2n) is 5.05. The van der Waals surface area contributed by atoms with E-state index < -0.39 is 10.0 Å².